The van der Waals surface area contributed by atoms with Gasteiger partial charge in [0.25, 0.3) is 0 Å². The summed E-state index contributed by atoms with van der Waals surface area (Å²) < 4.78 is 3.29. The molecule has 0 saturated carbocycles. The number of nitrogens with two attached hydrogens (primary N) is 4. The molecule has 10 nitrogen and oxygen atoms in total. The van der Waals surface area contributed by atoms with Crippen molar-refractivity contribution in [3.05, 3.63) is 36.0 Å². The SMILES string of the molecule is CN1NN=C(c2c(-c3ccc(N)nc3)ccc(SNC(CN)CN)c2SN)N1. The molecule has 11 N–H and O–H groups in total. The molecule has 0 bridgehead atoms. The van der Waals surface area contributed by atoms with Crippen molar-refractivity contribution in [2.75, 3.05) is 25.9 Å². The van der Waals surface area contributed by atoms with Gasteiger partial charge in [-0.05, 0) is 47.7 Å². The molecule has 0 radical (unpaired) electrons. The van der Waals surface area contributed by atoms with Gasteiger partial charge in [0.2, 0.25) is 0 Å². The van der Waals surface area contributed by atoms with Crippen molar-refractivity contribution in [3.8, 4) is 11.1 Å². The first-order valence-electron chi connectivity index (χ1n) is 8.49. The Kier molecular flexibility index (Phi) is 6.96. The second-order valence-corrected chi connectivity index (χ2v) is 7.55. The van der Waals surface area contributed by atoms with E-state index in [9.17, 15) is 0 Å². The molecule has 12 heteroatoms. The van der Waals surface area contributed by atoms with E-state index in [1.165, 1.54) is 11.9 Å². The number of hydrogen-bond acceptors (Lipinski definition) is 12. The summed E-state index contributed by atoms with van der Waals surface area (Å²) in [6.07, 6.45) is 1.73. The fourth-order valence-electron chi connectivity index (χ4n) is 2.59. The Hall–Kier alpha value is -2.06. The van der Waals surface area contributed by atoms with Gasteiger partial charge in [0.05, 0.1) is 0 Å². The normalized spacial score (nSPS) is 14.1. The Morgan fingerprint density at radius 1 is 1.21 bits per heavy atom. The van der Waals surface area contributed by atoms with Crippen LogP contribution in [0.5, 0.6) is 0 Å². The number of pyridine rings is 1. The highest BCUT2D eigenvalue weighted by Gasteiger charge is 2.23. The average Bonchev–Trinajstić information content (AvgIpc) is 3.14. The van der Waals surface area contributed by atoms with E-state index < -0.39 is 0 Å². The lowest BCUT2D eigenvalue weighted by Crippen LogP contribution is -2.38. The molecule has 2 aromatic rings. The maximum absolute atomic E-state index is 6.07. The molecular weight excluding hydrogens is 396 g/mol. The molecule has 3 rings (SSSR count). The second-order valence-electron chi connectivity index (χ2n) is 6.02. The van der Waals surface area contributed by atoms with E-state index in [1.54, 1.807) is 17.4 Å². The summed E-state index contributed by atoms with van der Waals surface area (Å²) in [6.45, 7) is 0.888. The van der Waals surface area contributed by atoms with E-state index in [-0.39, 0.29) is 6.04 Å². The van der Waals surface area contributed by atoms with Crippen LogP contribution in [0.1, 0.15) is 5.56 Å². The van der Waals surface area contributed by atoms with E-state index in [1.807, 2.05) is 25.2 Å². The van der Waals surface area contributed by atoms with Gasteiger partial charge < -0.3 is 17.2 Å². The van der Waals surface area contributed by atoms with Crippen LogP contribution in [0, 0.1) is 0 Å². The number of nitrogen functional groups attached to an aromatic ring is 1. The van der Waals surface area contributed by atoms with Crippen LogP contribution in [0.4, 0.5) is 5.82 Å². The molecule has 150 valence electrons. The Labute approximate surface area is 172 Å². The highest BCUT2D eigenvalue weighted by atomic mass is 32.2. The Morgan fingerprint density at radius 3 is 2.57 bits per heavy atom. The maximum Gasteiger partial charge on any atom is 0.172 e. The minimum absolute atomic E-state index is 0.000189. The summed E-state index contributed by atoms with van der Waals surface area (Å²) in [7, 11) is 1.82. The van der Waals surface area contributed by atoms with Crippen molar-refractivity contribution < 1.29 is 0 Å². The van der Waals surface area contributed by atoms with E-state index in [4.69, 9.17) is 22.3 Å². The number of nitrogens with one attached hydrogen (secondary N) is 3. The lowest BCUT2D eigenvalue weighted by atomic mass is 10.00. The number of amidine groups is 1. The number of aromatic nitrogens is 1. The van der Waals surface area contributed by atoms with Gasteiger partial charge in [-0.15, -0.1) is 10.2 Å². The summed E-state index contributed by atoms with van der Waals surface area (Å²) >= 11 is 2.60. The van der Waals surface area contributed by atoms with Gasteiger partial charge in [-0.2, -0.15) is 0 Å². The number of rotatable bonds is 8. The molecule has 28 heavy (non-hydrogen) atoms. The molecular formula is C16H24N10S2. The quantitative estimate of drug-likeness (QED) is 0.282. The fraction of sp³-hybridized carbons (Fsp3) is 0.250. The van der Waals surface area contributed by atoms with Crippen LogP contribution in [-0.2, 0) is 0 Å². The van der Waals surface area contributed by atoms with Crippen molar-refractivity contribution in [1.29, 1.82) is 0 Å². The number of hydrogen-bond donors (Lipinski definition) is 7. The topological polar surface area (TPSA) is 169 Å². The van der Waals surface area contributed by atoms with E-state index in [0.29, 0.717) is 24.7 Å². The van der Waals surface area contributed by atoms with Crippen LogP contribution < -0.4 is 38.0 Å². The van der Waals surface area contributed by atoms with E-state index in [0.717, 1.165) is 38.4 Å². The van der Waals surface area contributed by atoms with Gasteiger partial charge in [0.1, 0.15) is 5.82 Å². The number of anilines is 1. The zero-order chi connectivity index (χ0) is 20.1. The largest absolute Gasteiger partial charge is 0.384 e. The van der Waals surface area contributed by atoms with Crippen molar-refractivity contribution in [2.24, 2.45) is 21.7 Å². The summed E-state index contributed by atoms with van der Waals surface area (Å²) in [5.41, 5.74) is 25.9. The lowest BCUT2D eigenvalue weighted by molar-refractivity contribution is 0.231. The van der Waals surface area contributed by atoms with Crippen LogP contribution in [0.25, 0.3) is 11.1 Å². The molecule has 2 heterocycles. The van der Waals surface area contributed by atoms with E-state index >= 15 is 0 Å². The third-order valence-electron chi connectivity index (χ3n) is 4.06. The molecule has 1 aliphatic heterocycles. The predicted octanol–water partition coefficient (Wildman–Crippen LogP) is -0.204. The summed E-state index contributed by atoms with van der Waals surface area (Å²) in [5, 5.41) is 12.1. The molecule has 0 spiro atoms. The molecule has 0 atom stereocenters. The first-order valence-corrected chi connectivity index (χ1v) is 10.2. The fourth-order valence-corrected chi connectivity index (χ4v) is 4.18. The number of hydrazine groups is 2. The van der Waals surface area contributed by atoms with Gasteiger partial charge in [0.15, 0.2) is 5.84 Å². The van der Waals surface area contributed by atoms with Crippen LogP contribution in [0.3, 0.4) is 0 Å². The highest BCUT2D eigenvalue weighted by Crippen LogP contribution is 2.37. The standard InChI is InChI=1S/C16H24N10S2/c1-26-23-16(22-25-26)14-11(9-2-5-13(19)21-8-9)3-4-12(15(14)27-20)28-24-10(6-17)7-18/h2-5,8,10,24-25H,6-7,17-18,20H2,1H3,(H2,19,21)(H,22,23). The van der Waals surface area contributed by atoms with Crippen molar-refractivity contribution in [1.82, 2.24) is 25.8 Å². The predicted molar refractivity (Wildman–Crippen MR) is 116 cm³/mol. The minimum atomic E-state index is -0.000189. The highest BCUT2D eigenvalue weighted by molar-refractivity contribution is 8.00. The number of benzene rings is 1. The van der Waals surface area contributed by atoms with Gasteiger partial charge in [0, 0.05) is 53.3 Å². The van der Waals surface area contributed by atoms with Crippen LogP contribution in [0.15, 0.2) is 45.4 Å². The summed E-state index contributed by atoms with van der Waals surface area (Å²) in [4.78, 5) is 6.01. The Balaban J connectivity index is 2.06. The molecule has 0 unspecified atom stereocenters. The third-order valence-corrected chi connectivity index (χ3v) is 5.86. The van der Waals surface area contributed by atoms with E-state index in [2.05, 4.69) is 25.8 Å². The number of nitrogens with zero attached hydrogens (tertiary/aromatic N) is 3. The first kappa shape index (κ1) is 20.7. The molecule has 1 aromatic carbocycles. The molecule has 1 aliphatic rings. The smallest absolute Gasteiger partial charge is 0.172 e. The minimum Gasteiger partial charge on any atom is -0.384 e. The average molecular weight is 421 g/mol. The maximum atomic E-state index is 6.07. The second kappa shape index (κ2) is 9.43. The van der Waals surface area contributed by atoms with Crippen molar-refractivity contribution in [2.45, 2.75) is 15.8 Å². The van der Waals surface area contributed by atoms with Gasteiger partial charge in [-0.1, -0.05) is 6.07 Å². The third kappa shape index (κ3) is 4.50. The van der Waals surface area contributed by atoms with Gasteiger partial charge in [-0.3, -0.25) is 15.3 Å². The monoisotopic (exact) mass is 420 g/mol. The summed E-state index contributed by atoms with van der Waals surface area (Å²) in [6, 6.07) is 7.69. The van der Waals surface area contributed by atoms with Crippen molar-refractivity contribution >= 4 is 35.5 Å². The molecule has 0 fully saturated rings. The van der Waals surface area contributed by atoms with Gasteiger partial charge in [-0.25, -0.2) is 10.5 Å². The molecule has 0 saturated heterocycles. The zero-order valence-electron chi connectivity index (χ0n) is 15.3. The molecule has 0 aliphatic carbocycles. The molecule has 1 aromatic heterocycles. The number of hydrazone groups is 1. The van der Waals surface area contributed by atoms with Gasteiger partial charge >= 0.3 is 0 Å². The van der Waals surface area contributed by atoms with Crippen LogP contribution >= 0.6 is 23.9 Å². The lowest BCUT2D eigenvalue weighted by Gasteiger charge is -2.19. The molecule has 0 amide bonds. The zero-order valence-corrected chi connectivity index (χ0v) is 17.0. The van der Waals surface area contributed by atoms with Crippen molar-refractivity contribution in [3.63, 3.8) is 0 Å². The Morgan fingerprint density at radius 2 is 2.00 bits per heavy atom. The van der Waals surface area contributed by atoms with Crippen LogP contribution in [-0.4, -0.2) is 42.1 Å². The summed E-state index contributed by atoms with van der Waals surface area (Å²) in [5.74, 6) is 1.11. The Bertz CT molecular complexity index is 838. The first-order chi connectivity index (χ1) is 13.6. The van der Waals surface area contributed by atoms with Crippen LogP contribution in [0.2, 0.25) is 0 Å².